The van der Waals surface area contributed by atoms with Crippen LogP contribution in [0.4, 0.5) is 17.6 Å². The molecule has 23 heavy (non-hydrogen) atoms. The van der Waals surface area contributed by atoms with Gasteiger partial charge < -0.3 is 9.63 Å². The van der Waals surface area contributed by atoms with Crippen molar-refractivity contribution in [3.63, 3.8) is 0 Å². The molecule has 1 atom stereocenters. The van der Waals surface area contributed by atoms with Crippen LogP contribution in [0, 0.1) is 12.7 Å². The molecule has 1 aromatic heterocycles. The summed E-state index contributed by atoms with van der Waals surface area (Å²) in [5.41, 5.74) is 0.874. The van der Waals surface area contributed by atoms with Crippen molar-refractivity contribution in [2.45, 2.75) is 25.7 Å². The molecule has 0 aliphatic rings. The van der Waals surface area contributed by atoms with Crippen molar-refractivity contribution in [3.8, 4) is 11.4 Å². The van der Waals surface area contributed by atoms with E-state index in [-0.39, 0.29) is 18.3 Å². The van der Waals surface area contributed by atoms with Gasteiger partial charge in [-0.25, -0.2) is 4.39 Å². The van der Waals surface area contributed by atoms with Gasteiger partial charge in [0.25, 0.3) is 0 Å². The van der Waals surface area contributed by atoms with Crippen LogP contribution in [-0.2, 0) is 6.54 Å². The second-order valence-electron chi connectivity index (χ2n) is 5.23. The monoisotopic (exact) mass is 333 g/mol. The lowest BCUT2D eigenvalue weighted by Crippen LogP contribution is -2.39. The lowest BCUT2D eigenvalue weighted by atomic mass is 10.1. The van der Waals surface area contributed by atoms with Gasteiger partial charge in [-0.1, -0.05) is 17.3 Å². The van der Waals surface area contributed by atoms with Crippen molar-refractivity contribution in [2.24, 2.45) is 0 Å². The highest BCUT2D eigenvalue weighted by atomic mass is 19.4. The van der Waals surface area contributed by atoms with Crippen molar-refractivity contribution < 1.29 is 27.2 Å². The summed E-state index contributed by atoms with van der Waals surface area (Å²) in [6.45, 7) is 0.913. The van der Waals surface area contributed by atoms with Crippen LogP contribution in [0.1, 0.15) is 11.5 Å². The third-order valence-corrected chi connectivity index (χ3v) is 3.17. The van der Waals surface area contributed by atoms with Gasteiger partial charge in [0, 0.05) is 12.1 Å². The highest BCUT2D eigenvalue weighted by Gasteiger charge is 2.38. The zero-order chi connectivity index (χ0) is 17.2. The number of aliphatic hydroxyl groups excluding tert-OH is 1. The van der Waals surface area contributed by atoms with Crippen molar-refractivity contribution in [1.82, 2.24) is 15.0 Å². The van der Waals surface area contributed by atoms with Crippen LogP contribution >= 0.6 is 0 Å². The first-order valence-corrected chi connectivity index (χ1v) is 6.69. The lowest BCUT2D eigenvalue weighted by molar-refractivity contribution is -0.207. The largest absolute Gasteiger partial charge is 0.415 e. The molecule has 2 aromatic rings. The number of alkyl halides is 3. The number of likely N-dealkylation sites (N-methyl/N-ethyl adjacent to an activating group) is 1. The summed E-state index contributed by atoms with van der Waals surface area (Å²) in [5.74, 6) is -0.208. The van der Waals surface area contributed by atoms with Crippen LogP contribution in [0.25, 0.3) is 11.4 Å². The first-order chi connectivity index (χ1) is 10.7. The Morgan fingerprint density at radius 3 is 2.65 bits per heavy atom. The number of hydrogen-bond acceptors (Lipinski definition) is 5. The summed E-state index contributed by atoms with van der Waals surface area (Å²) in [4.78, 5) is 5.21. The fourth-order valence-corrected chi connectivity index (χ4v) is 1.86. The molecule has 0 radical (unpaired) electrons. The molecule has 1 N–H and O–H groups in total. The van der Waals surface area contributed by atoms with Crippen LogP contribution in [0.2, 0.25) is 0 Å². The summed E-state index contributed by atoms with van der Waals surface area (Å²) >= 11 is 0. The number of halogens is 4. The molecule has 0 aliphatic heterocycles. The third kappa shape index (κ3) is 4.49. The highest BCUT2D eigenvalue weighted by Crippen LogP contribution is 2.22. The molecule has 9 heteroatoms. The molecule has 0 amide bonds. The lowest BCUT2D eigenvalue weighted by Gasteiger charge is -2.20. The maximum atomic E-state index is 13.5. The predicted molar refractivity (Wildman–Crippen MR) is 72.8 cm³/mol. The quantitative estimate of drug-likeness (QED) is 0.852. The molecule has 0 spiro atoms. The van der Waals surface area contributed by atoms with E-state index in [2.05, 4.69) is 10.1 Å². The zero-order valence-electron chi connectivity index (χ0n) is 12.4. The Labute approximate surface area is 129 Å². The van der Waals surface area contributed by atoms with E-state index in [1.165, 1.54) is 18.0 Å². The maximum Gasteiger partial charge on any atom is 0.415 e. The van der Waals surface area contributed by atoms with E-state index < -0.39 is 24.6 Å². The van der Waals surface area contributed by atoms with Crippen molar-refractivity contribution in [3.05, 3.63) is 35.5 Å². The van der Waals surface area contributed by atoms with Gasteiger partial charge in [0.1, 0.15) is 5.82 Å². The number of rotatable bonds is 5. The summed E-state index contributed by atoms with van der Waals surface area (Å²) < 4.78 is 55.3. The maximum absolute atomic E-state index is 13.5. The molecule has 5 nitrogen and oxygen atoms in total. The Hall–Kier alpha value is -2.00. The molecule has 1 unspecified atom stereocenters. The second-order valence-corrected chi connectivity index (χ2v) is 5.23. The minimum Gasteiger partial charge on any atom is -0.382 e. The molecule has 0 bridgehead atoms. The molecule has 1 aromatic carbocycles. The molecule has 0 saturated heterocycles. The van der Waals surface area contributed by atoms with E-state index in [9.17, 15) is 17.6 Å². The zero-order valence-corrected chi connectivity index (χ0v) is 12.4. The van der Waals surface area contributed by atoms with Gasteiger partial charge in [0.05, 0.1) is 6.54 Å². The minimum atomic E-state index is -4.69. The average molecular weight is 333 g/mol. The average Bonchev–Trinajstić information content (AvgIpc) is 2.89. The van der Waals surface area contributed by atoms with Gasteiger partial charge in [-0.05, 0) is 25.6 Å². The number of nitrogens with zero attached hydrogens (tertiary/aromatic N) is 3. The second kappa shape index (κ2) is 6.63. The fraction of sp³-hybridized carbons (Fsp3) is 0.429. The minimum absolute atomic E-state index is 0.0675. The van der Waals surface area contributed by atoms with E-state index in [1.807, 2.05) is 0 Å². The van der Waals surface area contributed by atoms with E-state index in [4.69, 9.17) is 9.63 Å². The van der Waals surface area contributed by atoms with Crippen LogP contribution < -0.4 is 0 Å². The van der Waals surface area contributed by atoms with Crippen molar-refractivity contribution in [2.75, 3.05) is 13.6 Å². The number of benzene rings is 1. The Balaban J connectivity index is 2.03. The molecular formula is C14H15F4N3O2. The third-order valence-electron chi connectivity index (χ3n) is 3.17. The predicted octanol–water partition coefficient (Wildman–Crippen LogP) is 2.54. The Morgan fingerprint density at radius 1 is 1.35 bits per heavy atom. The van der Waals surface area contributed by atoms with Crippen LogP contribution in [-0.4, -0.2) is 46.0 Å². The fourth-order valence-electron chi connectivity index (χ4n) is 1.86. The Bertz CT molecular complexity index is 672. The van der Waals surface area contributed by atoms with Gasteiger partial charge in [-0.2, -0.15) is 18.2 Å². The van der Waals surface area contributed by atoms with Gasteiger partial charge in [0.15, 0.2) is 6.10 Å². The molecule has 2 rings (SSSR count). The van der Waals surface area contributed by atoms with E-state index in [1.54, 1.807) is 19.1 Å². The number of aliphatic hydroxyl groups is 1. The van der Waals surface area contributed by atoms with Gasteiger partial charge in [-0.15, -0.1) is 0 Å². The van der Waals surface area contributed by atoms with Gasteiger partial charge in [0.2, 0.25) is 11.7 Å². The molecular weight excluding hydrogens is 318 g/mol. The van der Waals surface area contributed by atoms with Gasteiger partial charge >= 0.3 is 6.18 Å². The Kier molecular flexibility index (Phi) is 5.00. The molecule has 0 aliphatic carbocycles. The standard InChI is InChI=1S/C14H15F4N3O2/c1-8-3-4-9(5-10(8)15)13-19-12(23-20-13)7-21(2)6-11(22)14(16,17)18/h3-5,11,22H,6-7H2,1-2H3. The van der Waals surface area contributed by atoms with E-state index in [0.717, 1.165) is 0 Å². The van der Waals surface area contributed by atoms with Crippen molar-refractivity contribution in [1.29, 1.82) is 0 Å². The first-order valence-electron chi connectivity index (χ1n) is 6.69. The molecule has 0 fully saturated rings. The van der Waals surface area contributed by atoms with E-state index >= 15 is 0 Å². The van der Waals surface area contributed by atoms with Crippen LogP contribution in [0.5, 0.6) is 0 Å². The number of aryl methyl sites for hydroxylation is 1. The van der Waals surface area contributed by atoms with Gasteiger partial charge in [-0.3, -0.25) is 4.90 Å². The molecule has 1 heterocycles. The smallest absolute Gasteiger partial charge is 0.382 e. The topological polar surface area (TPSA) is 62.4 Å². The summed E-state index contributed by atoms with van der Waals surface area (Å²) in [5, 5.41) is 12.7. The molecule has 0 saturated carbocycles. The summed E-state index contributed by atoms with van der Waals surface area (Å²) in [7, 11) is 1.38. The molecule has 126 valence electrons. The summed E-state index contributed by atoms with van der Waals surface area (Å²) in [6.07, 6.45) is -7.14. The number of hydrogen-bond donors (Lipinski definition) is 1. The normalized spacial score (nSPS) is 13.6. The van der Waals surface area contributed by atoms with E-state index in [0.29, 0.717) is 11.1 Å². The number of aromatic nitrogens is 2. The van der Waals surface area contributed by atoms with Crippen LogP contribution in [0.15, 0.2) is 22.7 Å². The summed E-state index contributed by atoms with van der Waals surface area (Å²) in [6, 6.07) is 4.43. The Morgan fingerprint density at radius 2 is 2.04 bits per heavy atom. The first kappa shape index (κ1) is 17.4. The SMILES string of the molecule is Cc1ccc(-c2noc(CN(C)CC(O)C(F)(F)F)n2)cc1F. The van der Waals surface area contributed by atoms with Crippen molar-refractivity contribution >= 4 is 0 Å². The highest BCUT2D eigenvalue weighted by molar-refractivity contribution is 5.54. The van der Waals surface area contributed by atoms with Crippen LogP contribution in [0.3, 0.4) is 0 Å².